The highest BCUT2D eigenvalue weighted by Gasteiger charge is 2.29. The lowest BCUT2D eigenvalue weighted by atomic mass is 9.78. The van der Waals surface area contributed by atoms with E-state index in [1.807, 2.05) is 0 Å². The van der Waals surface area contributed by atoms with Crippen LogP contribution in [-0.4, -0.2) is 17.2 Å². The summed E-state index contributed by atoms with van der Waals surface area (Å²) in [7, 11) is -1.71. The van der Waals surface area contributed by atoms with Crippen LogP contribution in [0, 0.1) is 5.82 Å². The number of rotatable bonds is 2. The summed E-state index contributed by atoms with van der Waals surface area (Å²) in [4.78, 5) is 0. The van der Waals surface area contributed by atoms with Gasteiger partial charge in [-0.15, -0.1) is 0 Å². The van der Waals surface area contributed by atoms with Crippen LogP contribution in [0.5, 0.6) is 0 Å². The maximum absolute atomic E-state index is 13.5. The highest BCUT2D eigenvalue weighted by atomic mass is 19.1. The van der Waals surface area contributed by atoms with Gasteiger partial charge in [-0.25, -0.2) is 4.39 Å². The van der Waals surface area contributed by atoms with E-state index in [4.69, 9.17) is 10.0 Å². The van der Waals surface area contributed by atoms with Gasteiger partial charge in [0, 0.05) is 5.46 Å². The largest absolute Gasteiger partial charge is 0.491 e. The van der Waals surface area contributed by atoms with Crippen molar-refractivity contribution in [3.8, 4) is 0 Å². The van der Waals surface area contributed by atoms with E-state index in [2.05, 4.69) is 0 Å². The summed E-state index contributed by atoms with van der Waals surface area (Å²) in [5, 5.41) is 17.7. The lowest BCUT2D eigenvalue weighted by Gasteiger charge is -2.05. The highest BCUT2D eigenvalue weighted by Crippen LogP contribution is 2.40. The van der Waals surface area contributed by atoms with E-state index in [0.717, 1.165) is 12.8 Å². The Kier molecular flexibility index (Phi) is 2.10. The summed E-state index contributed by atoms with van der Waals surface area (Å²) in [6.07, 6.45) is 2.00. The minimum atomic E-state index is -1.71. The first-order chi connectivity index (χ1) is 6.20. The van der Waals surface area contributed by atoms with Crippen molar-refractivity contribution >= 4 is 12.6 Å². The minimum Gasteiger partial charge on any atom is -0.423 e. The molecule has 0 amide bonds. The third-order valence-electron chi connectivity index (χ3n) is 2.35. The van der Waals surface area contributed by atoms with Gasteiger partial charge in [0.1, 0.15) is 5.82 Å². The standard InChI is InChI=1S/C9H10BFO2/c11-9-7(6-4-5-6)2-1-3-8(9)10(12)13/h1-3,6,12-13H,4-5H2. The zero-order valence-electron chi connectivity index (χ0n) is 7.07. The molecule has 68 valence electrons. The van der Waals surface area contributed by atoms with Gasteiger partial charge in [-0.3, -0.25) is 0 Å². The zero-order chi connectivity index (χ0) is 9.42. The van der Waals surface area contributed by atoms with Crippen molar-refractivity contribution in [1.29, 1.82) is 0 Å². The van der Waals surface area contributed by atoms with Gasteiger partial charge in [0.05, 0.1) is 0 Å². The van der Waals surface area contributed by atoms with Crippen molar-refractivity contribution in [2.24, 2.45) is 0 Å². The van der Waals surface area contributed by atoms with Crippen LogP contribution in [0.15, 0.2) is 18.2 Å². The first kappa shape index (κ1) is 8.72. The van der Waals surface area contributed by atoms with Crippen LogP contribution in [0.4, 0.5) is 4.39 Å². The SMILES string of the molecule is OB(O)c1cccc(C2CC2)c1F. The summed E-state index contributed by atoms with van der Waals surface area (Å²) < 4.78 is 13.5. The molecule has 1 aliphatic rings. The molecular formula is C9H10BFO2. The smallest absolute Gasteiger partial charge is 0.423 e. The summed E-state index contributed by atoms with van der Waals surface area (Å²) in [5.74, 6) is -0.168. The van der Waals surface area contributed by atoms with Gasteiger partial charge in [0.15, 0.2) is 0 Å². The molecule has 0 aliphatic heterocycles. The van der Waals surface area contributed by atoms with Gasteiger partial charge >= 0.3 is 7.12 Å². The Bertz CT molecular complexity index is 303. The molecule has 0 heterocycles. The van der Waals surface area contributed by atoms with Gasteiger partial charge < -0.3 is 10.0 Å². The third-order valence-corrected chi connectivity index (χ3v) is 2.35. The molecule has 1 aliphatic carbocycles. The number of halogens is 1. The minimum absolute atomic E-state index is 0.0237. The molecule has 1 aromatic rings. The monoisotopic (exact) mass is 180 g/mol. The highest BCUT2D eigenvalue weighted by molar-refractivity contribution is 6.58. The lowest BCUT2D eigenvalue weighted by molar-refractivity contribution is 0.422. The van der Waals surface area contributed by atoms with Crippen molar-refractivity contribution in [2.75, 3.05) is 0 Å². The summed E-state index contributed by atoms with van der Waals surface area (Å²) in [5.41, 5.74) is 0.593. The second-order valence-electron chi connectivity index (χ2n) is 3.40. The van der Waals surface area contributed by atoms with E-state index in [9.17, 15) is 4.39 Å². The molecule has 0 spiro atoms. The van der Waals surface area contributed by atoms with Crippen LogP contribution < -0.4 is 5.46 Å². The van der Waals surface area contributed by atoms with Crippen LogP contribution >= 0.6 is 0 Å². The average Bonchev–Trinajstić information content (AvgIpc) is 2.87. The Balaban J connectivity index is 2.41. The fourth-order valence-corrected chi connectivity index (χ4v) is 1.48. The molecule has 13 heavy (non-hydrogen) atoms. The second-order valence-corrected chi connectivity index (χ2v) is 3.40. The molecule has 1 fully saturated rings. The average molecular weight is 180 g/mol. The topological polar surface area (TPSA) is 40.5 Å². The van der Waals surface area contributed by atoms with E-state index in [1.54, 1.807) is 12.1 Å². The molecule has 0 atom stereocenters. The Morgan fingerprint density at radius 1 is 1.31 bits per heavy atom. The molecule has 4 heteroatoms. The fourth-order valence-electron chi connectivity index (χ4n) is 1.48. The van der Waals surface area contributed by atoms with Crippen molar-refractivity contribution in [3.05, 3.63) is 29.6 Å². The molecular weight excluding hydrogens is 170 g/mol. The van der Waals surface area contributed by atoms with Gasteiger partial charge in [-0.1, -0.05) is 18.2 Å². The molecule has 2 rings (SSSR count). The summed E-state index contributed by atoms with van der Waals surface area (Å²) >= 11 is 0. The number of hydrogen-bond acceptors (Lipinski definition) is 2. The molecule has 2 nitrogen and oxygen atoms in total. The molecule has 1 saturated carbocycles. The Labute approximate surface area is 76.2 Å². The van der Waals surface area contributed by atoms with Crippen molar-refractivity contribution in [3.63, 3.8) is 0 Å². The first-order valence-corrected chi connectivity index (χ1v) is 4.34. The molecule has 0 saturated heterocycles. The van der Waals surface area contributed by atoms with Gasteiger partial charge in [-0.2, -0.15) is 0 Å². The van der Waals surface area contributed by atoms with Crippen LogP contribution in [0.1, 0.15) is 24.3 Å². The quantitative estimate of drug-likeness (QED) is 0.646. The van der Waals surface area contributed by atoms with Gasteiger partial charge in [0.25, 0.3) is 0 Å². The van der Waals surface area contributed by atoms with Gasteiger partial charge in [-0.05, 0) is 24.3 Å². The lowest BCUT2D eigenvalue weighted by Crippen LogP contribution is -2.33. The Morgan fingerprint density at radius 2 is 2.00 bits per heavy atom. The molecule has 0 bridgehead atoms. The van der Waals surface area contributed by atoms with E-state index < -0.39 is 12.9 Å². The second kappa shape index (κ2) is 3.12. The maximum atomic E-state index is 13.5. The summed E-state index contributed by atoms with van der Waals surface area (Å²) in [6, 6.07) is 4.76. The van der Waals surface area contributed by atoms with Gasteiger partial charge in [0.2, 0.25) is 0 Å². The van der Waals surface area contributed by atoms with E-state index in [1.165, 1.54) is 6.07 Å². The van der Waals surface area contributed by atoms with E-state index >= 15 is 0 Å². The van der Waals surface area contributed by atoms with Crippen molar-refractivity contribution in [2.45, 2.75) is 18.8 Å². The Hall–Kier alpha value is -0.865. The zero-order valence-corrected chi connectivity index (χ0v) is 7.07. The van der Waals surface area contributed by atoms with Crippen molar-refractivity contribution in [1.82, 2.24) is 0 Å². The molecule has 0 radical (unpaired) electrons. The molecule has 0 aromatic heterocycles. The van der Waals surface area contributed by atoms with Crippen LogP contribution in [0.3, 0.4) is 0 Å². The summed E-state index contributed by atoms with van der Waals surface area (Å²) in [6.45, 7) is 0. The van der Waals surface area contributed by atoms with Crippen LogP contribution in [-0.2, 0) is 0 Å². The number of benzene rings is 1. The van der Waals surface area contributed by atoms with E-state index in [-0.39, 0.29) is 5.46 Å². The normalized spacial score (nSPS) is 15.9. The molecule has 1 aromatic carbocycles. The predicted molar refractivity (Wildman–Crippen MR) is 48.2 cm³/mol. The first-order valence-electron chi connectivity index (χ1n) is 4.34. The predicted octanol–water partition coefficient (Wildman–Crippen LogP) is 0.383. The number of hydrogen-bond donors (Lipinski definition) is 2. The van der Waals surface area contributed by atoms with E-state index in [0.29, 0.717) is 11.5 Å². The molecule has 2 N–H and O–H groups in total. The maximum Gasteiger partial charge on any atom is 0.491 e. The van der Waals surface area contributed by atoms with Crippen LogP contribution in [0.2, 0.25) is 0 Å². The molecule has 0 unspecified atom stereocenters. The van der Waals surface area contributed by atoms with Crippen LogP contribution in [0.25, 0.3) is 0 Å². The van der Waals surface area contributed by atoms with Crippen molar-refractivity contribution < 1.29 is 14.4 Å². The Morgan fingerprint density at radius 3 is 2.54 bits per heavy atom. The third kappa shape index (κ3) is 1.60. The fraction of sp³-hybridized carbons (Fsp3) is 0.333.